The quantitative estimate of drug-likeness (QED) is 0.896. The number of rotatable bonds is 4. The van der Waals surface area contributed by atoms with Gasteiger partial charge in [-0.1, -0.05) is 43.2 Å². The number of amides is 2. The van der Waals surface area contributed by atoms with Crippen LogP contribution in [0.15, 0.2) is 30.3 Å². The van der Waals surface area contributed by atoms with E-state index in [1.165, 1.54) is 0 Å². The molecule has 0 aliphatic carbocycles. The molecule has 1 aromatic rings. The van der Waals surface area contributed by atoms with Crippen LogP contribution in [0.2, 0.25) is 0 Å². The standard InChI is InChI=1S/C16H22N2O3/c19-15(20)12-14(13-8-4-3-5-9-13)17-16(21)18-10-6-1-2-7-11-18/h3-5,8-9,14H,1-2,6-7,10-12H2,(H,17,21)(H,19,20). The summed E-state index contributed by atoms with van der Waals surface area (Å²) in [6.45, 7) is 1.50. The third kappa shape index (κ3) is 4.77. The van der Waals surface area contributed by atoms with Crippen molar-refractivity contribution in [3.05, 3.63) is 35.9 Å². The maximum atomic E-state index is 12.3. The van der Waals surface area contributed by atoms with E-state index in [2.05, 4.69) is 5.32 Å². The first-order chi connectivity index (χ1) is 10.2. The Balaban J connectivity index is 2.03. The molecule has 2 rings (SSSR count). The van der Waals surface area contributed by atoms with E-state index >= 15 is 0 Å². The number of urea groups is 1. The topological polar surface area (TPSA) is 69.6 Å². The zero-order chi connectivity index (χ0) is 15.1. The summed E-state index contributed by atoms with van der Waals surface area (Å²) >= 11 is 0. The van der Waals surface area contributed by atoms with Gasteiger partial charge in [-0.05, 0) is 18.4 Å². The SMILES string of the molecule is O=C(O)CC(NC(=O)N1CCCCCC1)c1ccccc1. The lowest BCUT2D eigenvalue weighted by atomic mass is 10.0. The minimum atomic E-state index is -0.917. The number of aliphatic carboxylic acids is 1. The van der Waals surface area contributed by atoms with Gasteiger partial charge < -0.3 is 15.3 Å². The summed E-state index contributed by atoms with van der Waals surface area (Å²) in [6.07, 6.45) is 4.23. The molecule has 0 bridgehead atoms. The molecule has 1 aliphatic rings. The second-order valence-electron chi connectivity index (χ2n) is 5.41. The molecule has 1 aliphatic heterocycles. The molecule has 1 atom stereocenters. The largest absolute Gasteiger partial charge is 0.481 e. The van der Waals surface area contributed by atoms with Crippen LogP contribution in [-0.2, 0) is 4.79 Å². The van der Waals surface area contributed by atoms with Crippen molar-refractivity contribution in [2.24, 2.45) is 0 Å². The molecule has 1 heterocycles. The van der Waals surface area contributed by atoms with Crippen LogP contribution in [-0.4, -0.2) is 35.1 Å². The van der Waals surface area contributed by atoms with Crippen LogP contribution in [0.4, 0.5) is 4.79 Å². The number of hydrogen-bond acceptors (Lipinski definition) is 2. The van der Waals surface area contributed by atoms with Crippen LogP contribution in [0.5, 0.6) is 0 Å². The predicted octanol–water partition coefficient (Wildman–Crippen LogP) is 2.79. The van der Waals surface area contributed by atoms with Crippen molar-refractivity contribution in [2.75, 3.05) is 13.1 Å². The van der Waals surface area contributed by atoms with E-state index < -0.39 is 12.0 Å². The Bertz CT molecular complexity index is 468. The maximum absolute atomic E-state index is 12.3. The normalized spacial score (nSPS) is 16.9. The Morgan fingerprint density at radius 3 is 2.29 bits per heavy atom. The van der Waals surface area contributed by atoms with Crippen molar-refractivity contribution in [1.29, 1.82) is 0 Å². The molecule has 2 N–H and O–H groups in total. The minimum Gasteiger partial charge on any atom is -0.481 e. The van der Waals surface area contributed by atoms with Crippen LogP contribution >= 0.6 is 0 Å². The van der Waals surface area contributed by atoms with Gasteiger partial charge in [-0.3, -0.25) is 4.79 Å². The zero-order valence-corrected chi connectivity index (χ0v) is 12.1. The fourth-order valence-electron chi connectivity index (χ4n) is 2.63. The third-order valence-electron chi connectivity index (χ3n) is 3.77. The number of carboxylic acid groups (broad SMARTS) is 1. The molecule has 1 fully saturated rings. The number of likely N-dealkylation sites (tertiary alicyclic amines) is 1. The van der Waals surface area contributed by atoms with Crippen LogP contribution < -0.4 is 5.32 Å². The molecule has 5 heteroatoms. The van der Waals surface area contributed by atoms with Crippen molar-refractivity contribution in [3.8, 4) is 0 Å². The van der Waals surface area contributed by atoms with Crippen LogP contribution in [0.3, 0.4) is 0 Å². The van der Waals surface area contributed by atoms with E-state index in [4.69, 9.17) is 5.11 Å². The molecule has 0 radical (unpaired) electrons. The number of carbonyl (C=O) groups excluding carboxylic acids is 1. The van der Waals surface area contributed by atoms with Crippen molar-refractivity contribution >= 4 is 12.0 Å². The Labute approximate surface area is 125 Å². The van der Waals surface area contributed by atoms with Gasteiger partial charge in [0, 0.05) is 13.1 Å². The molecular weight excluding hydrogens is 268 g/mol. The fourth-order valence-corrected chi connectivity index (χ4v) is 2.63. The van der Waals surface area contributed by atoms with E-state index in [1.54, 1.807) is 4.90 Å². The number of carboxylic acids is 1. The van der Waals surface area contributed by atoms with E-state index in [9.17, 15) is 9.59 Å². The number of hydrogen-bond donors (Lipinski definition) is 2. The van der Waals surface area contributed by atoms with E-state index in [0.29, 0.717) is 0 Å². The second-order valence-corrected chi connectivity index (χ2v) is 5.41. The highest BCUT2D eigenvalue weighted by Gasteiger charge is 2.22. The molecule has 114 valence electrons. The van der Waals surface area contributed by atoms with Crippen molar-refractivity contribution < 1.29 is 14.7 Å². The van der Waals surface area contributed by atoms with Gasteiger partial charge in [0.1, 0.15) is 0 Å². The summed E-state index contributed by atoms with van der Waals surface area (Å²) in [5, 5.41) is 11.9. The van der Waals surface area contributed by atoms with Gasteiger partial charge in [-0.15, -0.1) is 0 Å². The van der Waals surface area contributed by atoms with E-state index in [-0.39, 0.29) is 12.5 Å². The average Bonchev–Trinajstić information content (AvgIpc) is 2.76. The van der Waals surface area contributed by atoms with Gasteiger partial charge in [0.15, 0.2) is 0 Å². The Hall–Kier alpha value is -2.04. The summed E-state index contributed by atoms with van der Waals surface area (Å²) in [5.74, 6) is -0.917. The second kappa shape index (κ2) is 7.67. The Morgan fingerprint density at radius 2 is 1.71 bits per heavy atom. The molecule has 0 saturated carbocycles. The average molecular weight is 290 g/mol. The molecular formula is C16H22N2O3. The third-order valence-corrected chi connectivity index (χ3v) is 3.77. The van der Waals surface area contributed by atoms with Gasteiger partial charge in [0.2, 0.25) is 0 Å². The van der Waals surface area contributed by atoms with Crippen LogP contribution in [0, 0.1) is 0 Å². The van der Waals surface area contributed by atoms with Crippen LogP contribution in [0.25, 0.3) is 0 Å². The lowest BCUT2D eigenvalue weighted by Gasteiger charge is -2.25. The van der Waals surface area contributed by atoms with E-state index in [1.807, 2.05) is 30.3 Å². The highest BCUT2D eigenvalue weighted by Crippen LogP contribution is 2.18. The smallest absolute Gasteiger partial charge is 0.317 e. The molecule has 1 saturated heterocycles. The first-order valence-electron chi connectivity index (χ1n) is 7.49. The summed E-state index contributed by atoms with van der Waals surface area (Å²) in [7, 11) is 0. The van der Waals surface area contributed by atoms with Gasteiger partial charge in [-0.25, -0.2) is 4.79 Å². The Kier molecular flexibility index (Phi) is 5.60. The summed E-state index contributed by atoms with van der Waals surface area (Å²) in [5.41, 5.74) is 0.822. The number of benzene rings is 1. The van der Waals surface area contributed by atoms with E-state index in [0.717, 1.165) is 44.3 Å². The molecule has 2 amide bonds. The molecule has 1 aromatic carbocycles. The van der Waals surface area contributed by atoms with Crippen molar-refractivity contribution in [3.63, 3.8) is 0 Å². The predicted molar refractivity (Wildman–Crippen MR) is 80.0 cm³/mol. The van der Waals surface area contributed by atoms with Gasteiger partial charge in [0.25, 0.3) is 0 Å². The number of nitrogens with one attached hydrogen (secondary N) is 1. The lowest BCUT2D eigenvalue weighted by molar-refractivity contribution is -0.137. The highest BCUT2D eigenvalue weighted by molar-refractivity contribution is 5.76. The van der Waals surface area contributed by atoms with Crippen LogP contribution in [0.1, 0.15) is 43.7 Å². The molecule has 0 spiro atoms. The number of nitrogens with zero attached hydrogens (tertiary/aromatic N) is 1. The molecule has 1 unspecified atom stereocenters. The first kappa shape index (κ1) is 15.4. The summed E-state index contributed by atoms with van der Waals surface area (Å²) < 4.78 is 0. The maximum Gasteiger partial charge on any atom is 0.317 e. The van der Waals surface area contributed by atoms with Gasteiger partial charge in [0.05, 0.1) is 12.5 Å². The monoisotopic (exact) mass is 290 g/mol. The first-order valence-corrected chi connectivity index (χ1v) is 7.49. The lowest BCUT2D eigenvalue weighted by Crippen LogP contribution is -2.42. The highest BCUT2D eigenvalue weighted by atomic mass is 16.4. The Morgan fingerprint density at radius 1 is 1.10 bits per heavy atom. The molecule has 0 aromatic heterocycles. The molecule has 5 nitrogen and oxygen atoms in total. The number of carbonyl (C=O) groups is 2. The van der Waals surface area contributed by atoms with Gasteiger partial charge >= 0.3 is 12.0 Å². The summed E-state index contributed by atoms with van der Waals surface area (Å²) in [6, 6.07) is 8.61. The van der Waals surface area contributed by atoms with Crippen molar-refractivity contribution in [2.45, 2.75) is 38.1 Å². The molecule has 21 heavy (non-hydrogen) atoms. The minimum absolute atomic E-state index is 0.108. The summed E-state index contributed by atoms with van der Waals surface area (Å²) in [4.78, 5) is 25.2. The fraction of sp³-hybridized carbons (Fsp3) is 0.500. The van der Waals surface area contributed by atoms with Crippen molar-refractivity contribution in [1.82, 2.24) is 10.2 Å². The zero-order valence-electron chi connectivity index (χ0n) is 12.1. The van der Waals surface area contributed by atoms with Gasteiger partial charge in [-0.2, -0.15) is 0 Å².